The molecule has 3 N–H and O–H groups in total. The molecule has 7 nitrogen and oxygen atoms in total. The average Bonchev–Trinajstić information content (AvgIpc) is 3.10. The van der Waals surface area contributed by atoms with E-state index in [-0.39, 0.29) is 5.95 Å². The van der Waals surface area contributed by atoms with Crippen molar-refractivity contribution < 1.29 is 0 Å². The molecule has 0 fully saturated rings. The van der Waals surface area contributed by atoms with E-state index in [0.29, 0.717) is 11.9 Å². The van der Waals surface area contributed by atoms with Gasteiger partial charge < -0.3 is 11.1 Å². The Morgan fingerprint density at radius 3 is 2.90 bits per heavy atom. The molecule has 0 aliphatic heterocycles. The summed E-state index contributed by atoms with van der Waals surface area (Å²) in [6.45, 7) is 0.722. The van der Waals surface area contributed by atoms with E-state index in [1.54, 1.807) is 34.6 Å². The molecule has 0 spiro atoms. The van der Waals surface area contributed by atoms with E-state index in [1.807, 2.05) is 6.07 Å². The third-order valence-corrected chi connectivity index (χ3v) is 4.34. The SMILES string of the molecule is Nc1nc(NCCc2ccc(Br)s2)nc(-n2ccnc2)n1. The van der Waals surface area contributed by atoms with Gasteiger partial charge in [-0.2, -0.15) is 15.0 Å². The number of nitrogens with two attached hydrogens (primary N) is 1. The van der Waals surface area contributed by atoms with Crippen molar-refractivity contribution in [2.75, 3.05) is 17.6 Å². The van der Waals surface area contributed by atoms with Crippen LogP contribution in [-0.4, -0.2) is 31.0 Å². The molecule has 0 aliphatic carbocycles. The van der Waals surface area contributed by atoms with E-state index in [9.17, 15) is 0 Å². The van der Waals surface area contributed by atoms with Gasteiger partial charge in [0.2, 0.25) is 17.8 Å². The molecule has 108 valence electrons. The molecule has 3 heterocycles. The van der Waals surface area contributed by atoms with Crippen LogP contribution in [-0.2, 0) is 6.42 Å². The molecule has 3 aromatic heterocycles. The number of thiophene rings is 1. The van der Waals surface area contributed by atoms with E-state index in [1.165, 1.54) is 4.88 Å². The highest BCUT2D eigenvalue weighted by Crippen LogP contribution is 2.22. The zero-order valence-electron chi connectivity index (χ0n) is 10.9. The van der Waals surface area contributed by atoms with Gasteiger partial charge in [-0.25, -0.2) is 4.98 Å². The van der Waals surface area contributed by atoms with Gasteiger partial charge in [-0.05, 0) is 34.5 Å². The second kappa shape index (κ2) is 6.19. The van der Waals surface area contributed by atoms with E-state index in [0.717, 1.165) is 16.8 Å². The number of imidazole rings is 1. The van der Waals surface area contributed by atoms with E-state index in [4.69, 9.17) is 5.73 Å². The molecule has 0 radical (unpaired) electrons. The Bertz CT molecular complexity index is 725. The summed E-state index contributed by atoms with van der Waals surface area (Å²) in [6, 6.07) is 4.13. The van der Waals surface area contributed by atoms with Gasteiger partial charge in [0.05, 0.1) is 3.79 Å². The number of hydrogen-bond acceptors (Lipinski definition) is 7. The Kier molecular flexibility index (Phi) is 4.11. The van der Waals surface area contributed by atoms with Gasteiger partial charge in [0, 0.05) is 23.8 Å². The number of nitrogens with zero attached hydrogens (tertiary/aromatic N) is 5. The first-order valence-electron chi connectivity index (χ1n) is 6.19. The largest absolute Gasteiger partial charge is 0.368 e. The zero-order valence-corrected chi connectivity index (χ0v) is 13.3. The van der Waals surface area contributed by atoms with Gasteiger partial charge in [0.1, 0.15) is 6.33 Å². The molecule has 0 saturated heterocycles. The number of aromatic nitrogens is 5. The second-order valence-corrected chi connectivity index (χ2v) is 6.72. The minimum absolute atomic E-state index is 0.176. The monoisotopic (exact) mass is 365 g/mol. The molecular weight excluding hydrogens is 354 g/mol. The van der Waals surface area contributed by atoms with Crippen LogP contribution in [0.2, 0.25) is 0 Å². The van der Waals surface area contributed by atoms with Crippen molar-refractivity contribution in [3.63, 3.8) is 0 Å². The van der Waals surface area contributed by atoms with Crippen LogP contribution in [0.15, 0.2) is 34.6 Å². The molecule has 0 aromatic carbocycles. The van der Waals surface area contributed by atoms with Crippen LogP contribution in [0.4, 0.5) is 11.9 Å². The lowest BCUT2D eigenvalue weighted by molar-refractivity contribution is 0.892. The first kappa shape index (κ1) is 14.0. The molecule has 0 amide bonds. The van der Waals surface area contributed by atoms with Crippen LogP contribution in [0, 0.1) is 0 Å². The van der Waals surface area contributed by atoms with Crippen LogP contribution in [0.3, 0.4) is 0 Å². The third-order valence-electron chi connectivity index (χ3n) is 2.66. The highest BCUT2D eigenvalue weighted by molar-refractivity contribution is 9.11. The Hall–Kier alpha value is -2.00. The van der Waals surface area contributed by atoms with Crippen molar-refractivity contribution in [3.05, 3.63) is 39.5 Å². The summed E-state index contributed by atoms with van der Waals surface area (Å²) in [6.07, 6.45) is 5.91. The van der Waals surface area contributed by atoms with Crippen LogP contribution in [0.5, 0.6) is 0 Å². The molecule has 3 rings (SSSR count). The lowest BCUT2D eigenvalue weighted by atomic mass is 10.3. The Morgan fingerprint density at radius 1 is 1.29 bits per heavy atom. The van der Waals surface area contributed by atoms with Gasteiger partial charge in [0.15, 0.2) is 0 Å². The standard InChI is InChI=1S/C12H12BrN7S/c13-9-2-1-8(21-9)3-4-16-11-17-10(14)18-12(19-11)20-6-5-15-7-20/h1-2,5-7H,3-4H2,(H3,14,16,17,18,19). The van der Waals surface area contributed by atoms with Crippen LogP contribution < -0.4 is 11.1 Å². The topological polar surface area (TPSA) is 94.5 Å². The lowest BCUT2D eigenvalue weighted by Crippen LogP contribution is -2.12. The van der Waals surface area contributed by atoms with E-state index >= 15 is 0 Å². The normalized spacial score (nSPS) is 10.7. The minimum atomic E-state index is 0.176. The number of nitrogen functional groups attached to an aromatic ring is 1. The third kappa shape index (κ3) is 3.56. The maximum Gasteiger partial charge on any atom is 0.241 e. The van der Waals surface area contributed by atoms with Crippen LogP contribution in [0.25, 0.3) is 5.95 Å². The summed E-state index contributed by atoms with van der Waals surface area (Å²) < 4.78 is 2.81. The first-order chi connectivity index (χ1) is 10.2. The molecule has 0 aliphatic rings. The van der Waals surface area contributed by atoms with Crippen molar-refractivity contribution in [1.29, 1.82) is 0 Å². The van der Waals surface area contributed by atoms with Gasteiger partial charge >= 0.3 is 0 Å². The molecule has 0 atom stereocenters. The minimum Gasteiger partial charge on any atom is -0.368 e. The van der Waals surface area contributed by atoms with E-state index < -0.39 is 0 Å². The summed E-state index contributed by atoms with van der Waals surface area (Å²) in [5.74, 6) is 1.08. The highest BCUT2D eigenvalue weighted by atomic mass is 79.9. The Labute approximate surface area is 133 Å². The van der Waals surface area contributed by atoms with Gasteiger partial charge in [0.25, 0.3) is 0 Å². The van der Waals surface area contributed by atoms with E-state index in [2.05, 4.69) is 47.2 Å². The molecule has 21 heavy (non-hydrogen) atoms. The molecular formula is C12H12BrN7S. The second-order valence-electron chi connectivity index (χ2n) is 4.17. The van der Waals surface area contributed by atoms with Crippen molar-refractivity contribution in [1.82, 2.24) is 24.5 Å². The Morgan fingerprint density at radius 2 is 2.19 bits per heavy atom. The van der Waals surface area contributed by atoms with Gasteiger partial charge in [-0.15, -0.1) is 11.3 Å². The number of halogens is 1. The molecule has 9 heteroatoms. The highest BCUT2D eigenvalue weighted by Gasteiger charge is 2.06. The van der Waals surface area contributed by atoms with Gasteiger partial charge in [-0.1, -0.05) is 0 Å². The lowest BCUT2D eigenvalue weighted by Gasteiger charge is -2.06. The molecule has 0 bridgehead atoms. The summed E-state index contributed by atoms with van der Waals surface area (Å²) in [7, 11) is 0. The molecule has 0 saturated carbocycles. The van der Waals surface area contributed by atoms with Gasteiger partial charge in [-0.3, -0.25) is 4.57 Å². The average molecular weight is 366 g/mol. The summed E-state index contributed by atoms with van der Waals surface area (Å²) in [5, 5.41) is 3.16. The van der Waals surface area contributed by atoms with Crippen molar-refractivity contribution in [2.24, 2.45) is 0 Å². The quantitative estimate of drug-likeness (QED) is 0.718. The fraction of sp³-hybridized carbons (Fsp3) is 0.167. The molecule has 3 aromatic rings. The number of nitrogens with one attached hydrogen (secondary N) is 1. The summed E-state index contributed by atoms with van der Waals surface area (Å²) in [5.41, 5.74) is 5.71. The fourth-order valence-electron chi connectivity index (χ4n) is 1.74. The number of anilines is 2. The predicted octanol–water partition coefficient (Wildman–Crippen LogP) is 2.12. The summed E-state index contributed by atoms with van der Waals surface area (Å²) in [4.78, 5) is 17.7. The first-order valence-corrected chi connectivity index (χ1v) is 7.79. The van der Waals surface area contributed by atoms with Crippen molar-refractivity contribution in [3.8, 4) is 5.95 Å². The maximum atomic E-state index is 5.71. The van der Waals surface area contributed by atoms with Crippen molar-refractivity contribution in [2.45, 2.75) is 6.42 Å². The Balaban J connectivity index is 1.68. The van der Waals surface area contributed by atoms with Crippen LogP contribution >= 0.6 is 27.3 Å². The smallest absolute Gasteiger partial charge is 0.241 e. The van der Waals surface area contributed by atoms with Crippen molar-refractivity contribution >= 4 is 39.2 Å². The molecule has 0 unspecified atom stereocenters. The number of rotatable bonds is 5. The fourth-order valence-corrected chi connectivity index (χ4v) is 3.22. The van der Waals surface area contributed by atoms with Crippen LogP contribution in [0.1, 0.15) is 4.88 Å². The number of hydrogen-bond donors (Lipinski definition) is 2. The maximum absolute atomic E-state index is 5.71. The summed E-state index contributed by atoms with van der Waals surface area (Å²) >= 11 is 5.16. The zero-order chi connectivity index (χ0) is 14.7. The predicted molar refractivity (Wildman–Crippen MR) is 85.6 cm³/mol.